The third-order valence-corrected chi connectivity index (χ3v) is 5.96. The van der Waals surface area contributed by atoms with Crippen LogP contribution in [0.1, 0.15) is 11.3 Å². The van der Waals surface area contributed by atoms with E-state index in [2.05, 4.69) is 15.0 Å². The zero-order chi connectivity index (χ0) is 21.9. The third-order valence-electron chi connectivity index (χ3n) is 4.50. The Morgan fingerprint density at radius 1 is 1.20 bits per heavy atom. The van der Waals surface area contributed by atoms with Gasteiger partial charge in [0, 0.05) is 41.8 Å². The minimum Gasteiger partial charge on any atom is -0.358 e. The fraction of sp³-hybridized carbons (Fsp3) is 0.211. The Hall–Kier alpha value is -3.31. The Balaban J connectivity index is 1.56. The predicted octanol–water partition coefficient (Wildman–Crippen LogP) is 2.16. The van der Waals surface area contributed by atoms with E-state index in [0.29, 0.717) is 10.9 Å². The number of sulfonamides is 1. The lowest BCUT2D eigenvalue weighted by Gasteiger charge is -2.08. The van der Waals surface area contributed by atoms with E-state index in [9.17, 15) is 27.7 Å². The normalized spacial score (nSPS) is 11.5. The third kappa shape index (κ3) is 4.81. The van der Waals surface area contributed by atoms with Gasteiger partial charge in [0.15, 0.2) is 0 Å². The van der Waals surface area contributed by atoms with Gasteiger partial charge in [-0.25, -0.2) is 17.5 Å². The number of nitro groups is 1. The second-order valence-electron chi connectivity index (χ2n) is 6.60. The average Bonchev–Trinajstić information content (AvgIpc) is 3.00. The number of hydrogen-bond acceptors (Lipinski definition) is 5. The van der Waals surface area contributed by atoms with Crippen molar-refractivity contribution in [3.63, 3.8) is 0 Å². The fourth-order valence-corrected chi connectivity index (χ4v) is 4.11. The average molecular weight is 434 g/mol. The van der Waals surface area contributed by atoms with Crippen molar-refractivity contribution < 1.29 is 22.5 Å². The minimum absolute atomic E-state index is 0.00686. The molecule has 9 nitrogen and oxygen atoms in total. The molecule has 11 heteroatoms. The number of nitro benzene ring substituents is 1. The van der Waals surface area contributed by atoms with Gasteiger partial charge in [0.05, 0.1) is 16.2 Å². The number of nitrogens with one attached hydrogen (secondary N) is 3. The lowest BCUT2D eigenvalue weighted by molar-refractivity contribution is -0.385. The Kier molecular flexibility index (Phi) is 6.13. The van der Waals surface area contributed by atoms with E-state index in [1.807, 2.05) is 0 Å². The first kappa shape index (κ1) is 21.4. The largest absolute Gasteiger partial charge is 0.358 e. The molecule has 0 saturated heterocycles. The summed E-state index contributed by atoms with van der Waals surface area (Å²) in [4.78, 5) is 25.2. The van der Waals surface area contributed by atoms with Crippen LogP contribution in [0.3, 0.4) is 0 Å². The molecular formula is C19H19FN4O5S. The highest BCUT2D eigenvalue weighted by Crippen LogP contribution is 2.23. The Morgan fingerprint density at radius 3 is 2.70 bits per heavy atom. The number of H-pyrrole nitrogens is 1. The fourth-order valence-electron chi connectivity index (χ4n) is 3.04. The van der Waals surface area contributed by atoms with Gasteiger partial charge in [-0.2, -0.15) is 0 Å². The number of rotatable bonds is 8. The summed E-state index contributed by atoms with van der Waals surface area (Å²) in [7, 11) is -3.96. The van der Waals surface area contributed by atoms with E-state index in [-0.39, 0.29) is 36.0 Å². The van der Waals surface area contributed by atoms with Crippen LogP contribution in [0.4, 0.5) is 10.1 Å². The summed E-state index contributed by atoms with van der Waals surface area (Å²) < 4.78 is 40.3. The highest BCUT2D eigenvalue weighted by Gasteiger charge is 2.17. The first-order valence-electron chi connectivity index (χ1n) is 8.95. The molecule has 0 aliphatic rings. The lowest BCUT2D eigenvalue weighted by Crippen LogP contribution is -2.35. The van der Waals surface area contributed by atoms with Gasteiger partial charge in [0.25, 0.3) is 5.69 Å². The number of hydrogen-bond donors (Lipinski definition) is 3. The van der Waals surface area contributed by atoms with Crippen molar-refractivity contribution in [1.82, 2.24) is 15.0 Å². The molecule has 1 amide bonds. The van der Waals surface area contributed by atoms with E-state index in [1.54, 1.807) is 13.0 Å². The highest BCUT2D eigenvalue weighted by atomic mass is 32.2. The van der Waals surface area contributed by atoms with Crippen molar-refractivity contribution >= 4 is 32.5 Å². The number of benzene rings is 2. The Labute approximate surface area is 171 Å². The maximum atomic E-state index is 13.5. The van der Waals surface area contributed by atoms with Gasteiger partial charge < -0.3 is 10.3 Å². The van der Waals surface area contributed by atoms with Gasteiger partial charge >= 0.3 is 0 Å². The number of fused-ring (bicyclic) bond motifs is 1. The topological polar surface area (TPSA) is 134 Å². The van der Waals surface area contributed by atoms with Crippen LogP contribution in [0.25, 0.3) is 10.9 Å². The second kappa shape index (κ2) is 8.59. The van der Waals surface area contributed by atoms with Crippen molar-refractivity contribution in [2.75, 3.05) is 13.1 Å². The van der Waals surface area contributed by atoms with Crippen molar-refractivity contribution in [2.45, 2.75) is 18.2 Å². The van der Waals surface area contributed by atoms with E-state index >= 15 is 0 Å². The molecule has 3 aromatic rings. The molecule has 30 heavy (non-hydrogen) atoms. The van der Waals surface area contributed by atoms with E-state index in [0.717, 1.165) is 17.3 Å². The van der Waals surface area contributed by atoms with Crippen LogP contribution >= 0.6 is 0 Å². The van der Waals surface area contributed by atoms with Crippen LogP contribution in [0, 0.1) is 22.9 Å². The van der Waals surface area contributed by atoms with Gasteiger partial charge in [0.1, 0.15) is 5.82 Å². The molecule has 3 N–H and O–H groups in total. The van der Waals surface area contributed by atoms with Crippen LogP contribution in [0.15, 0.2) is 47.4 Å². The van der Waals surface area contributed by atoms with Gasteiger partial charge in [-0.15, -0.1) is 0 Å². The number of halogens is 1. The number of aryl methyl sites for hydroxylation is 1. The molecule has 1 heterocycles. The summed E-state index contributed by atoms with van der Waals surface area (Å²) >= 11 is 0. The van der Waals surface area contributed by atoms with Gasteiger partial charge in [-0.1, -0.05) is 6.07 Å². The predicted molar refractivity (Wildman–Crippen MR) is 108 cm³/mol. The van der Waals surface area contributed by atoms with E-state index in [4.69, 9.17) is 0 Å². The molecule has 0 radical (unpaired) electrons. The molecular weight excluding hydrogens is 415 g/mol. The first-order valence-corrected chi connectivity index (χ1v) is 10.4. The summed E-state index contributed by atoms with van der Waals surface area (Å²) in [6.07, 6.45) is 0.00686. The molecule has 0 aliphatic carbocycles. The first-order chi connectivity index (χ1) is 14.2. The van der Waals surface area contributed by atoms with E-state index in [1.165, 1.54) is 30.3 Å². The van der Waals surface area contributed by atoms with Gasteiger partial charge in [-0.05, 0) is 36.8 Å². The molecule has 158 valence electrons. The number of amides is 1. The number of nitrogens with zero attached hydrogens (tertiary/aromatic N) is 1. The zero-order valence-electron chi connectivity index (χ0n) is 15.9. The zero-order valence-corrected chi connectivity index (χ0v) is 16.8. The SMILES string of the molecule is Cc1[nH]c2ccc(F)cc2c1CC(=O)NCCNS(=O)(=O)c1cccc([N+](=O)[O-])c1. The lowest BCUT2D eigenvalue weighted by atomic mass is 10.1. The van der Waals surface area contributed by atoms with Crippen molar-refractivity contribution in [3.8, 4) is 0 Å². The van der Waals surface area contributed by atoms with Crippen molar-refractivity contribution in [2.24, 2.45) is 0 Å². The second-order valence-corrected chi connectivity index (χ2v) is 8.36. The summed E-state index contributed by atoms with van der Waals surface area (Å²) in [5.74, 6) is -0.753. The summed E-state index contributed by atoms with van der Waals surface area (Å²) in [6, 6.07) is 8.96. The molecule has 0 aliphatic heterocycles. The number of carbonyl (C=O) groups is 1. The molecule has 0 unspecified atom stereocenters. The monoisotopic (exact) mass is 434 g/mol. The quantitative estimate of drug-likeness (QED) is 0.284. The van der Waals surface area contributed by atoms with Crippen molar-refractivity contribution in [1.29, 1.82) is 0 Å². The Morgan fingerprint density at radius 2 is 1.97 bits per heavy atom. The number of non-ortho nitro benzene ring substituents is 1. The standard InChI is InChI=1S/C19H19FN4O5S/c1-12-16(17-9-13(20)5-6-18(17)23-12)11-19(25)21-7-8-22-30(28,29)15-4-2-3-14(10-15)24(26)27/h2-6,9-10,22-23H,7-8,11H2,1H3,(H,21,25). The van der Waals surface area contributed by atoms with E-state index < -0.39 is 20.8 Å². The molecule has 1 aromatic heterocycles. The molecule has 0 saturated carbocycles. The number of aromatic amines is 1. The maximum Gasteiger partial charge on any atom is 0.270 e. The number of aromatic nitrogens is 1. The molecule has 3 rings (SSSR count). The molecule has 0 atom stereocenters. The molecule has 0 spiro atoms. The van der Waals surface area contributed by atoms with Gasteiger partial charge in [-0.3, -0.25) is 14.9 Å². The summed E-state index contributed by atoms with van der Waals surface area (Å²) in [5.41, 5.74) is 1.80. The molecule has 0 bridgehead atoms. The highest BCUT2D eigenvalue weighted by molar-refractivity contribution is 7.89. The van der Waals surface area contributed by atoms with Crippen molar-refractivity contribution in [3.05, 3.63) is 69.7 Å². The maximum absolute atomic E-state index is 13.5. The molecule has 2 aromatic carbocycles. The van der Waals surface area contributed by atoms with Crippen LogP contribution in [-0.4, -0.2) is 37.3 Å². The van der Waals surface area contributed by atoms with Crippen LogP contribution in [-0.2, 0) is 21.2 Å². The molecule has 0 fully saturated rings. The van der Waals surface area contributed by atoms with Crippen LogP contribution in [0.5, 0.6) is 0 Å². The van der Waals surface area contributed by atoms with Crippen LogP contribution in [0.2, 0.25) is 0 Å². The number of carbonyl (C=O) groups excluding carboxylic acids is 1. The summed E-state index contributed by atoms with van der Waals surface area (Å²) in [5, 5.41) is 14.0. The smallest absolute Gasteiger partial charge is 0.270 e. The summed E-state index contributed by atoms with van der Waals surface area (Å²) in [6.45, 7) is 1.70. The minimum atomic E-state index is -3.96. The van der Waals surface area contributed by atoms with Crippen LogP contribution < -0.4 is 10.0 Å². The Bertz CT molecular complexity index is 1220. The van der Waals surface area contributed by atoms with Gasteiger partial charge in [0.2, 0.25) is 15.9 Å².